The highest BCUT2D eigenvalue weighted by Gasteiger charge is 2.32. The number of halogens is 3. The summed E-state index contributed by atoms with van der Waals surface area (Å²) >= 11 is 1.11. The number of ether oxygens (including phenoxy) is 1. The van der Waals surface area contributed by atoms with Crippen LogP contribution in [-0.4, -0.2) is 23.4 Å². The molecule has 0 radical (unpaired) electrons. The first-order chi connectivity index (χ1) is 16.2. The largest absolute Gasteiger partial charge is 0.456 e. The summed E-state index contributed by atoms with van der Waals surface area (Å²) in [6.45, 7) is 0. The Morgan fingerprint density at radius 2 is 1.79 bits per heavy atom. The number of nitrogens with one attached hydrogen (secondary N) is 1. The van der Waals surface area contributed by atoms with Gasteiger partial charge < -0.3 is 4.74 Å². The number of nitrogens with zero attached hydrogens (tertiary/aromatic N) is 4. The monoisotopic (exact) mass is 503 g/mol. The van der Waals surface area contributed by atoms with Crippen molar-refractivity contribution in [2.24, 2.45) is 0 Å². The van der Waals surface area contributed by atoms with E-state index >= 15 is 0 Å². The highest BCUT2D eigenvalue weighted by Crippen LogP contribution is 2.31. The fourth-order valence-corrected chi connectivity index (χ4v) is 4.57. The van der Waals surface area contributed by atoms with Gasteiger partial charge in [0.1, 0.15) is 23.3 Å². The summed E-state index contributed by atoms with van der Waals surface area (Å²) in [7, 11) is -3.96. The molecule has 34 heavy (non-hydrogen) atoms. The van der Waals surface area contributed by atoms with Crippen LogP contribution in [0.2, 0.25) is 0 Å². The van der Waals surface area contributed by atoms with Gasteiger partial charge in [-0.15, -0.1) is 11.3 Å². The minimum absolute atomic E-state index is 0.0349. The van der Waals surface area contributed by atoms with E-state index in [4.69, 9.17) is 4.74 Å². The summed E-state index contributed by atoms with van der Waals surface area (Å²) in [6, 6.07) is 12.3. The van der Waals surface area contributed by atoms with Crippen LogP contribution in [-0.2, 0) is 16.2 Å². The number of sulfonamides is 1. The van der Waals surface area contributed by atoms with Crippen molar-refractivity contribution in [1.29, 1.82) is 5.26 Å². The van der Waals surface area contributed by atoms with Crippen LogP contribution < -0.4 is 9.46 Å². The van der Waals surface area contributed by atoms with Crippen molar-refractivity contribution in [3.8, 4) is 29.0 Å². The highest BCUT2D eigenvalue weighted by atomic mass is 32.2. The molecule has 0 bridgehead atoms. The van der Waals surface area contributed by atoms with E-state index in [1.165, 1.54) is 42.6 Å². The predicted molar refractivity (Wildman–Crippen MR) is 117 cm³/mol. The summed E-state index contributed by atoms with van der Waals surface area (Å²) in [6.07, 6.45) is -2.12. The van der Waals surface area contributed by atoms with Crippen LogP contribution >= 0.6 is 11.3 Å². The zero-order chi connectivity index (χ0) is 24.3. The van der Waals surface area contributed by atoms with E-state index in [-0.39, 0.29) is 32.9 Å². The minimum atomic E-state index is -4.59. The molecule has 1 N–H and O–H groups in total. The molecule has 0 spiro atoms. The second-order valence-corrected chi connectivity index (χ2v) is 9.18. The second-order valence-electron chi connectivity index (χ2n) is 6.60. The maximum Gasteiger partial charge on any atom is 0.433 e. The molecular weight excluding hydrogens is 491 g/mol. The molecule has 0 amide bonds. The topological polar surface area (TPSA) is 118 Å². The number of thiazole rings is 1. The van der Waals surface area contributed by atoms with E-state index in [0.717, 1.165) is 29.7 Å². The maximum absolute atomic E-state index is 12.9. The van der Waals surface area contributed by atoms with Crippen molar-refractivity contribution in [2.75, 3.05) is 4.72 Å². The van der Waals surface area contributed by atoms with Gasteiger partial charge >= 0.3 is 6.18 Å². The molecule has 0 saturated carbocycles. The summed E-state index contributed by atoms with van der Waals surface area (Å²) in [5, 5.41) is 11.3. The van der Waals surface area contributed by atoms with E-state index in [1.807, 2.05) is 6.07 Å². The normalized spacial score (nSPS) is 11.6. The summed E-state index contributed by atoms with van der Waals surface area (Å²) in [4.78, 5) is 11.1. The number of rotatable bonds is 6. The van der Waals surface area contributed by atoms with Gasteiger partial charge in [0.25, 0.3) is 10.0 Å². The van der Waals surface area contributed by atoms with Crippen LogP contribution in [0.25, 0.3) is 11.4 Å². The van der Waals surface area contributed by atoms with Crippen LogP contribution in [0.15, 0.2) is 71.2 Å². The second kappa shape index (κ2) is 9.08. The number of benzene rings is 2. The zero-order valence-corrected chi connectivity index (χ0v) is 18.4. The molecule has 4 aromatic rings. The summed E-state index contributed by atoms with van der Waals surface area (Å²) in [5.41, 5.74) is -0.767. The van der Waals surface area contributed by atoms with Gasteiger partial charge in [-0.05, 0) is 48.5 Å². The average Bonchev–Trinajstić information content (AvgIpc) is 3.31. The molecule has 0 unspecified atom stereocenters. The fraction of sp³-hybridized carbons (Fsp3) is 0.0476. The molecular formula is C21H12F3N5O3S2. The lowest BCUT2D eigenvalue weighted by atomic mass is 10.2. The van der Waals surface area contributed by atoms with E-state index in [0.29, 0.717) is 5.56 Å². The number of alkyl halides is 3. The molecule has 2 heterocycles. The smallest absolute Gasteiger partial charge is 0.433 e. The molecule has 0 saturated heterocycles. The van der Waals surface area contributed by atoms with Gasteiger partial charge in [0.05, 0.1) is 10.5 Å². The van der Waals surface area contributed by atoms with Gasteiger partial charge in [-0.3, -0.25) is 4.72 Å². The minimum Gasteiger partial charge on any atom is -0.456 e. The molecule has 0 aliphatic carbocycles. The molecule has 0 fully saturated rings. The van der Waals surface area contributed by atoms with E-state index in [1.54, 1.807) is 5.38 Å². The fourth-order valence-electron chi connectivity index (χ4n) is 2.76. The summed E-state index contributed by atoms with van der Waals surface area (Å²) < 4.78 is 71.7. The van der Waals surface area contributed by atoms with Gasteiger partial charge in [-0.2, -0.15) is 18.4 Å². The maximum atomic E-state index is 12.9. The Bertz CT molecular complexity index is 1470. The number of hydrogen-bond acceptors (Lipinski definition) is 8. The Hall–Kier alpha value is -4.02. The lowest BCUT2D eigenvalue weighted by Crippen LogP contribution is -2.13. The van der Waals surface area contributed by atoms with E-state index in [9.17, 15) is 26.9 Å². The molecule has 2 aromatic carbocycles. The van der Waals surface area contributed by atoms with Crippen molar-refractivity contribution < 1.29 is 26.3 Å². The Kier molecular flexibility index (Phi) is 6.18. The highest BCUT2D eigenvalue weighted by molar-refractivity contribution is 7.93. The van der Waals surface area contributed by atoms with Gasteiger partial charge in [0, 0.05) is 23.3 Å². The van der Waals surface area contributed by atoms with Crippen LogP contribution in [0.3, 0.4) is 0 Å². The van der Waals surface area contributed by atoms with Gasteiger partial charge in [0.15, 0.2) is 11.0 Å². The summed E-state index contributed by atoms with van der Waals surface area (Å²) in [5.74, 6) is 0.254. The van der Waals surface area contributed by atoms with Crippen molar-refractivity contribution in [3.05, 3.63) is 77.6 Å². The van der Waals surface area contributed by atoms with Crippen molar-refractivity contribution in [1.82, 2.24) is 15.0 Å². The molecule has 2 aromatic heterocycles. The first-order valence-electron chi connectivity index (χ1n) is 9.31. The average molecular weight is 503 g/mol. The van der Waals surface area contributed by atoms with Crippen LogP contribution in [0.5, 0.6) is 11.5 Å². The molecule has 4 rings (SSSR count). The third-order valence-electron chi connectivity index (χ3n) is 4.32. The lowest BCUT2D eigenvalue weighted by molar-refractivity contribution is -0.141. The van der Waals surface area contributed by atoms with Crippen LogP contribution in [0.4, 0.5) is 18.3 Å². The Labute approximate surface area is 195 Å². The molecule has 13 heteroatoms. The number of anilines is 1. The van der Waals surface area contributed by atoms with Gasteiger partial charge in [-0.1, -0.05) is 0 Å². The number of nitriles is 1. The Balaban J connectivity index is 1.55. The predicted octanol–water partition coefficient (Wildman–Crippen LogP) is 5.08. The molecule has 0 aliphatic rings. The van der Waals surface area contributed by atoms with Gasteiger partial charge in [0.2, 0.25) is 0 Å². The quantitative estimate of drug-likeness (QED) is 0.390. The van der Waals surface area contributed by atoms with Crippen LogP contribution in [0, 0.1) is 11.3 Å². The van der Waals surface area contributed by atoms with Crippen molar-refractivity contribution in [3.63, 3.8) is 0 Å². The third kappa shape index (κ3) is 5.13. The SMILES string of the molecule is N#Cc1cc(S(=O)(=O)Nc2nccs2)ccc1Oc1ccc(-c2nccc(C(F)(F)F)n2)cc1. The first-order valence-corrected chi connectivity index (χ1v) is 11.7. The number of aromatic nitrogens is 3. The molecule has 0 atom stereocenters. The van der Waals surface area contributed by atoms with Crippen LogP contribution in [0.1, 0.15) is 11.3 Å². The molecule has 8 nitrogen and oxygen atoms in total. The number of hydrogen-bond donors (Lipinski definition) is 1. The first kappa shape index (κ1) is 23.1. The van der Waals surface area contributed by atoms with Gasteiger partial charge in [-0.25, -0.2) is 23.4 Å². The molecule has 0 aliphatic heterocycles. The molecule has 172 valence electrons. The Morgan fingerprint density at radius 3 is 2.44 bits per heavy atom. The zero-order valence-electron chi connectivity index (χ0n) is 16.8. The van der Waals surface area contributed by atoms with Crippen molar-refractivity contribution in [2.45, 2.75) is 11.1 Å². The van der Waals surface area contributed by atoms with Crippen molar-refractivity contribution >= 4 is 26.5 Å². The standard InChI is InChI=1S/C21H12F3N5O3S2/c22-21(23,24)18-7-8-26-19(28-18)13-1-3-15(4-2-13)32-17-6-5-16(11-14(17)12-25)34(30,31)29-20-27-9-10-33-20/h1-11H,(H,27,29). The lowest BCUT2D eigenvalue weighted by Gasteiger charge is -2.11. The Morgan fingerprint density at radius 1 is 1.03 bits per heavy atom. The third-order valence-corrected chi connectivity index (χ3v) is 6.48. The van der Waals surface area contributed by atoms with E-state index in [2.05, 4.69) is 19.7 Å². The van der Waals surface area contributed by atoms with E-state index < -0.39 is 21.9 Å².